The van der Waals surface area contributed by atoms with Gasteiger partial charge in [0.05, 0.1) is 18.3 Å². The van der Waals surface area contributed by atoms with Gasteiger partial charge in [-0.15, -0.1) is 0 Å². The van der Waals surface area contributed by atoms with Crippen LogP contribution >= 0.6 is 0 Å². The van der Waals surface area contributed by atoms with Crippen LogP contribution in [0, 0.1) is 5.41 Å². The first-order chi connectivity index (χ1) is 11.7. The van der Waals surface area contributed by atoms with E-state index in [4.69, 9.17) is 4.74 Å². The Morgan fingerprint density at radius 1 is 0.808 bits per heavy atom. The first kappa shape index (κ1) is 24.1. The first-order valence-corrected chi connectivity index (χ1v) is 7.66. The van der Waals surface area contributed by atoms with Crippen LogP contribution in [0.1, 0.15) is 40.0 Å². The number of ether oxygens (including phenoxy) is 3. The second-order valence-corrected chi connectivity index (χ2v) is 5.96. The summed E-state index contributed by atoms with van der Waals surface area (Å²) < 4.78 is 74.0. The molecule has 0 aliphatic rings. The minimum absolute atomic E-state index is 0.212. The summed E-state index contributed by atoms with van der Waals surface area (Å²) in [5.74, 6) is -7.97. The molecule has 0 radical (unpaired) electrons. The molecule has 0 atom stereocenters. The Kier molecular flexibility index (Phi) is 8.95. The third-order valence-electron chi connectivity index (χ3n) is 3.38. The van der Waals surface area contributed by atoms with Gasteiger partial charge in [0, 0.05) is 0 Å². The number of alkyl halides is 5. The average molecular weight is 392 g/mol. The van der Waals surface area contributed by atoms with Crippen LogP contribution in [0.15, 0.2) is 0 Å². The molecule has 0 aromatic heterocycles. The van der Waals surface area contributed by atoms with Crippen LogP contribution in [-0.4, -0.2) is 49.8 Å². The topological polar surface area (TPSA) is 78.9 Å². The Bertz CT molecular complexity index is 501. The van der Waals surface area contributed by atoms with E-state index in [0.29, 0.717) is 6.42 Å². The number of rotatable bonds is 10. The maximum absolute atomic E-state index is 12.5. The molecule has 0 unspecified atom stereocenters. The van der Waals surface area contributed by atoms with E-state index < -0.39 is 54.9 Å². The van der Waals surface area contributed by atoms with E-state index in [-0.39, 0.29) is 13.2 Å². The molecular weight excluding hydrogens is 371 g/mol. The van der Waals surface area contributed by atoms with Crippen molar-refractivity contribution in [2.24, 2.45) is 5.41 Å². The third-order valence-corrected chi connectivity index (χ3v) is 3.38. The van der Waals surface area contributed by atoms with Crippen molar-refractivity contribution >= 4 is 17.9 Å². The fourth-order valence-electron chi connectivity index (χ4n) is 1.23. The second kappa shape index (κ2) is 9.67. The molecule has 0 N–H and O–H groups in total. The Hall–Kier alpha value is -1.94. The van der Waals surface area contributed by atoms with Crippen molar-refractivity contribution < 1.29 is 50.5 Å². The van der Waals surface area contributed by atoms with Gasteiger partial charge in [0.1, 0.15) is 13.2 Å². The molecule has 0 aromatic rings. The van der Waals surface area contributed by atoms with E-state index in [0.717, 1.165) is 0 Å². The van der Waals surface area contributed by atoms with E-state index in [1.807, 2.05) is 0 Å². The molecule has 0 aromatic carbocycles. The van der Waals surface area contributed by atoms with Crippen molar-refractivity contribution in [2.75, 3.05) is 19.8 Å². The van der Waals surface area contributed by atoms with Crippen LogP contribution in [0.25, 0.3) is 0 Å². The van der Waals surface area contributed by atoms with Gasteiger partial charge in [-0.2, -0.15) is 22.0 Å². The summed E-state index contributed by atoms with van der Waals surface area (Å²) in [7, 11) is 0. The molecule has 0 amide bonds. The highest BCUT2D eigenvalue weighted by molar-refractivity contribution is 5.77. The first-order valence-electron chi connectivity index (χ1n) is 7.66. The Labute approximate surface area is 147 Å². The van der Waals surface area contributed by atoms with E-state index in [2.05, 4.69) is 9.47 Å². The molecule has 0 saturated carbocycles. The average Bonchev–Trinajstić information content (AvgIpc) is 2.53. The predicted octanol–water partition coefficient (Wildman–Crippen LogP) is 3.03. The standard InChI is InChI=1S/C15H21F5O6/c1-4-13(2,3)12(23)25-8-7-24-10(21)5-6-11(22)26-9-14(16,17)15(18,19)20/h4-9H2,1-3H3. The maximum atomic E-state index is 12.5. The van der Waals surface area contributed by atoms with Crippen molar-refractivity contribution in [3.8, 4) is 0 Å². The van der Waals surface area contributed by atoms with Crippen molar-refractivity contribution in [1.82, 2.24) is 0 Å². The van der Waals surface area contributed by atoms with Gasteiger partial charge in [0.25, 0.3) is 0 Å². The lowest BCUT2D eigenvalue weighted by atomic mass is 9.91. The quantitative estimate of drug-likeness (QED) is 0.246. The van der Waals surface area contributed by atoms with Crippen molar-refractivity contribution in [3.63, 3.8) is 0 Å². The van der Waals surface area contributed by atoms with Gasteiger partial charge in [-0.05, 0) is 20.3 Å². The molecule has 0 aliphatic carbocycles. The summed E-state index contributed by atoms with van der Waals surface area (Å²) >= 11 is 0. The molecular formula is C15H21F5O6. The summed E-state index contributed by atoms with van der Waals surface area (Å²) in [6, 6.07) is 0. The van der Waals surface area contributed by atoms with Gasteiger partial charge in [-0.1, -0.05) is 6.92 Å². The highest BCUT2D eigenvalue weighted by Crippen LogP contribution is 2.35. The van der Waals surface area contributed by atoms with Gasteiger partial charge >= 0.3 is 30.0 Å². The van der Waals surface area contributed by atoms with Gasteiger partial charge in [0.15, 0.2) is 6.61 Å². The fraction of sp³-hybridized carbons (Fsp3) is 0.800. The molecule has 0 rings (SSSR count). The highest BCUT2D eigenvalue weighted by Gasteiger charge is 2.58. The lowest BCUT2D eigenvalue weighted by Crippen LogP contribution is -2.41. The molecule has 0 fully saturated rings. The zero-order chi connectivity index (χ0) is 20.6. The molecule has 6 nitrogen and oxygen atoms in total. The summed E-state index contributed by atoms with van der Waals surface area (Å²) in [6.45, 7) is 2.49. The van der Waals surface area contributed by atoms with Gasteiger partial charge in [0.2, 0.25) is 0 Å². The lowest BCUT2D eigenvalue weighted by molar-refractivity contribution is -0.294. The van der Waals surface area contributed by atoms with E-state index in [1.54, 1.807) is 20.8 Å². The summed E-state index contributed by atoms with van der Waals surface area (Å²) in [4.78, 5) is 34.0. The van der Waals surface area contributed by atoms with Crippen molar-refractivity contribution in [1.29, 1.82) is 0 Å². The van der Waals surface area contributed by atoms with Crippen LogP contribution in [0.2, 0.25) is 0 Å². The Morgan fingerprint density at radius 2 is 1.27 bits per heavy atom. The Balaban J connectivity index is 3.99. The monoisotopic (exact) mass is 392 g/mol. The summed E-state index contributed by atoms with van der Waals surface area (Å²) in [5.41, 5.74) is -0.688. The minimum Gasteiger partial charge on any atom is -0.462 e. The minimum atomic E-state index is -5.84. The van der Waals surface area contributed by atoms with Crippen LogP contribution in [0.4, 0.5) is 22.0 Å². The number of carbonyl (C=O) groups is 3. The van der Waals surface area contributed by atoms with E-state index >= 15 is 0 Å². The molecule has 0 aliphatic heterocycles. The van der Waals surface area contributed by atoms with Gasteiger partial charge in [-0.25, -0.2) is 0 Å². The van der Waals surface area contributed by atoms with E-state index in [9.17, 15) is 36.3 Å². The Morgan fingerprint density at radius 3 is 1.73 bits per heavy atom. The van der Waals surface area contributed by atoms with Gasteiger partial charge < -0.3 is 14.2 Å². The zero-order valence-electron chi connectivity index (χ0n) is 14.6. The smallest absolute Gasteiger partial charge is 0.456 e. The maximum Gasteiger partial charge on any atom is 0.456 e. The number of esters is 3. The van der Waals surface area contributed by atoms with Crippen molar-refractivity contribution in [3.05, 3.63) is 0 Å². The molecule has 0 bridgehead atoms. The summed E-state index contributed by atoms with van der Waals surface area (Å²) in [5, 5.41) is 0. The van der Waals surface area contributed by atoms with Crippen LogP contribution in [-0.2, 0) is 28.6 Å². The number of hydrogen-bond acceptors (Lipinski definition) is 6. The lowest BCUT2D eigenvalue weighted by Gasteiger charge is -2.20. The van der Waals surface area contributed by atoms with Crippen LogP contribution < -0.4 is 0 Å². The number of halogens is 5. The number of hydrogen-bond donors (Lipinski definition) is 0. The molecule has 26 heavy (non-hydrogen) atoms. The molecule has 0 heterocycles. The van der Waals surface area contributed by atoms with Crippen LogP contribution in [0.5, 0.6) is 0 Å². The molecule has 0 saturated heterocycles. The summed E-state index contributed by atoms with van der Waals surface area (Å²) in [6.07, 6.45) is -6.60. The van der Waals surface area contributed by atoms with Crippen molar-refractivity contribution in [2.45, 2.75) is 52.1 Å². The highest BCUT2D eigenvalue weighted by atomic mass is 19.4. The fourth-order valence-corrected chi connectivity index (χ4v) is 1.23. The number of carbonyl (C=O) groups excluding carboxylic acids is 3. The molecule has 152 valence electrons. The van der Waals surface area contributed by atoms with Gasteiger partial charge in [-0.3, -0.25) is 14.4 Å². The third kappa shape index (κ3) is 8.43. The van der Waals surface area contributed by atoms with E-state index in [1.165, 1.54) is 0 Å². The molecule has 0 spiro atoms. The van der Waals surface area contributed by atoms with Crippen LogP contribution in [0.3, 0.4) is 0 Å². The largest absolute Gasteiger partial charge is 0.462 e. The predicted molar refractivity (Wildman–Crippen MR) is 77.2 cm³/mol. The zero-order valence-corrected chi connectivity index (χ0v) is 14.6. The second-order valence-electron chi connectivity index (χ2n) is 5.96. The molecule has 11 heteroatoms. The normalized spacial score (nSPS) is 12.5. The SMILES string of the molecule is CCC(C)(C)C(=O)OCCOC(=O)CCC(=O)OCC(F)(F)C(F)(F)F.